The van der Waals surface area contributed by atoms with Gasteiger partial charge < -0.3 is 0 Å². The molecule has 0 saturated heterocycles. The summed E-state index contributed by atoms with van der Waals surface area (Å²) in [5, 5.41) is 0. The molecule has 0 aliphatic heterocycles. The highest BCUT2D eigenvalue weighted by Crippen LogP contribution is 2.31. The van der Waals surface area contributed by atoms with Crippen molar-refractivity contribution >= 4 is 21.7 Å². The Hall–Kier alpha value is -0.630. The zero-order valence-electron chi connectivity index (χ0n) is 6.80. The first-order valence-electron chi connectivity index (χ1n) is 4.01. The molecule has 0 fully saturated rings. The van der Waals surface area contributed by atoms with Crippen molar-refractivity contribution in [3.8, 4) is 0 Å². The van der Waals surface area contributed by atoms with Gasteiger partial charge >= 0.3 is 0 Å². The van der Waals surface area contributed by atoms with Crippen LogP contribution < -0.4 is 0 Å². The Morgan fingerprint density at radius 2 is 2.25 bits per heavy atom. The smallest absolute Gasteiger partial charge is 0.167 e. The van der Waals surface area contributed by atoms with Gasteiger partial charge in [-0.15, -0.1) is 0 Å². The molecule has 1 unspecified atom stereocenters. The topological polar surface area (TPSA) is 17.1 Å². The Kier molecular flexibility index (Phi) is 1.80. The van der Waals surface area contributed by atoms with Crippen molar-refractivity contribution < 1.29 is 4.79 Å². The molecule has 12 heavy (non-hydrogen) atoms. The van der Waals surface area contributed by atoms with Crippen LogP contribution in [0.15, 0.2) is 22.7 Å². The first kappa shape index (κ1) is 7.99. The minimum Gasteiger partial charge on any atom is -0.294 e. The molecular formula is C10H9BrO. The molecule has 0 aromatic heterocycles. The van der Waals surface area contributed by atoms with Gasteiger partial charge in [0.1, 0.15) is 0 Å². The van der Waals surface area contributed by atoms with Crippen LogP contribution in [0.25, 0.3) is 0 Å². The lowest BCUT2D eigenvalue weighted by molar-refractivity contribution is 0.0945. The predicted octanol–water partition coefficient (Wildman–Crippen LogP) is 2.82. The molecule has 2 heteroatoms. The maximum atomic E-state index is 11.6. The SMILES string of the molecule is CC1Cc2cccc(Br)c2C1=O. The Morgan fingerprint density at radius 1 is 1.50 bits per heavy atom. The quantitative estimate of drug-likeness (QED) is 0.663. The molecule has 1 atom stereocenters. The Bertz CT molecular complexity index is 344. The molecule has 0 saturated carbocycles. The number of fused-ring (bicyclic) bond motifs is 1. The molecule has 0 N–H and O–H groups in total. The van der Waals surface area contributed by atoms with E-state index in [0.29, 0.717) is 0 Å². The molecule has 1 aromatic carbocycles. The fourth-order valence-corrected chi connectivity index (χ4v) is 2.29. The Morgan fingerprint density at radius 3 is 2.92 bits per heavy atom. The third kappa shape index (κ3) is 1.02. The van der Waals surface area contributed by atoms with Crippen molar-refractivity contribution in [1.82, 2.24) is 0 Å². The standard InChI is InChI=1S/C10H9BrO/c1-6-5-7-3-2-4-8(11)9(7)10(6)12/h2-4,6H,5H2,1H3. The second-order valence-electron chi connectivity index (χ2n) is 3.24. The zero-order chi connectivity index (χ0) is 8.72. The molecule has 1 aromatic rings. The van der Waals surface area contributed by atoms with Crippen LogP contribution in [0.1, 0.15) is 22.8 Å². The second kappa shape index (κ2) is 2.70. The van der Waals surface area contributed by atoms with E-state index < -0.39 is 0 Å². The predicted molar refractivity (Wildman–Crippen MR) is 51.3 cm³/mol. The largest absolute Gasteiger partial charge is 0.294 e. The summed E-state index contributed by atoms with van der Waals surface area (Å²) < 4.78 is 0.939. The molecule has 0 heterocycles. The van der Waals surface area contributed by atoms with Crippen LogP contribution in [0.4, 0.5) is 0 Å². The lowest BCUT2D eigenvalue weighted by Gasteiger charge is -1.98. The van der Waals surface area contributed by atoms with Gasteiger partial charge in [0, 0.05) is 16.0 Å². The van der Waals surface area contributed by atoms with Gasteiger partial charge in [-0.1, -0.05) is 35.0 Å². The van der Waals surface area contributed by atoms with Crippen LogP contribution in [0, 0.1) is 5.92 Å². The Balaban J connectivity index is 2.62. The Labute approximate surface area is 79.9 Å². The van der Waals surface area contributed by atoms with E-state index in [1.54, 1.807) is 0 Å². The van der Waals surface area contributed by atoms with Gasteiger partial charge in [-0.3, -0.25) is 4.79 Å². The van der Waals surface area contributed by atoms with Crippen LogP contribution in [-0.2, 0) is 6.42 Å². The van der Waals surface area contributed by atoms with Crippen LogP contribution in [0.5, 0.6) is 0 Å². The first-order valence-corrected chi connectivity index (χ1v) is 4.81. The minimum atomic E-state index is 0.165. The summed E-state index contributed by atoms with van der Waals surface area (Å²) in [6.07, 6.45) is 0.896. The first-order chi connectivity index (χ1) is 5.70. The lowest BCUT2D eigenvalue weighted by atomic mass is 10.1. The summed E-state index contributed by atoms with van der Waals surface area (Å²) in [5.41, 5.74) is 2.08. The average molecular weight is 225 g/mol. The molecule has 1 aliphatic carbocycles. The van der Waals surface area contributed by atoms with Gasteiger partial charge in [0.2, 0.25) is 0 Å². The average Bonchev–Trinajstić information content (AvgIpc) is 2.29. The van der Waals surface area contributed by atoms with Crippen molar-refractivity contribution in [3.63, 3.8) is 0 Å². The third-order valence-electron chi connectivity index (χ3n) is 2.32. The number of ketones is 1. The molecule has 0 spiro atoms. The molecule has 1 nitrogen and oxygen atoms in total. The van der Waals surface area contributed by atoms with Crippen LogP contribution in [0.2, 0.25) is 0 Å². The number of carbonyl (C=O) groups excluding carboxylic acids is 1. The van der Waals surface area contributed by atoms with E-state index in [2.05, 4.69) is 15.9 Å². The molecule has 0 amide bonds. The van der Waals surface area contributed by atoms with Gasteiger partial charge in [0.25, 0.3) is 0 Å². The molecule has 62 valence electrons. The fraction of sp³-hybridized carbons (Fsp3) is 0.300. The van der Waals surface area contributed by atoms with Gasteiger partial charge in [-0.05, 0) is 18.1 Å². The summed E-state index contributed by atoms with van der Waals surface area (Å²) in [7, 11) is 0. The highest BCUT2D eigenvalue weighted by Gasteiger charge is 2.28. The number of hydrogen-bond donors (Lipinski definition) is 0. The molecule has 2 rings (SSSR count). The van der Waals surface area contributed by atoms with Crippen LogP contribution in [-0.4, -0.2) is 5.78 Å². The molecule has 0 radical (unpaired) electrons. The lowest BCUT2D eigenvalue weighted by Crippen LogP contribution is -2.03. The van der Waals surface area contributed by atoms with Gasteiger partial charge in [-0.2, -0.15) is 0 Å². The van der Waals surface area contributed by atoms with E-state index in [4.69, 9.17) is 0 Å². The summed E-state index contributed by atoms with van der Waals surface area (Å²) in [5.74, 6) is 0.441. The molecule has 1 aliphatic rings. The van der Waals surface area contributed by atoms with E-state index in [0.717, 1.165) is 16.5 Å². The van der Waals surface area contributed by atoms with E-state index in [1.165, 1.54) is 5.56 Å². The molecule has 0 bridgehead atoms. The minimum absolute atomic E-state index is 0.165. The van der Waals surface area contributed by atoms with Gasteiger partial charge in [0.05, 0.1) is 0 Å². The maximum absolute atomic E-state index is 11.6. The van der Waals surface area contributed by atoms with Crippen LogP contribution in [0.3, 0.4) is 0 Å². The van der Waals surface area contributed by atoms with Crippen molar-refractivity contribution in [3.05, 3.63) is 33.8 Å². The van der Waals surface area contributed by atoms with Gasteiger partial charge in [-0.25, -0.2) is 0 Å². The summed E-state index contributed by atoms with van der Waals surface area (Å²) in [6, 6.07) is 5.94. The highest BCUT2D eigenvalue weighted by molar-refractivity contribution is 9.10. The summed E-state index contributed by atoms with van der Waals surface area (Å²) >= 11 is 3.39. The summed E-state index contributed by atoms with van der Waals surface area (Å²) in [4.78, 5) is 11.6. The maximum Gasteiger partial charge on any atom is 0.167 e. The highest BCUT2D eigenvalue weighted by atomic mass is 79.9. The fourth-order valence-electron chi connectivity index (χ4n) is 1.68. The zero-order valence-corrected chi connectivity index (χ0v) is 8.39. The van der Waals surface area contributed by atoms with E-state index in [-0.39, 0.29) is 11.7 Å². The monoisotopic (exact) mass is 224 g/mol. The number of hydrogen-bond acceptors (Lipinski definition) is 1. The normalized spacial score (nSPS) is 21.2. The van der Waals surface area contributed by atoms with Crippen molar-refractivity contribution in [2.75, 3.05) is 0 Å². The number of Topliss-reactive ketones (excluding diaryl/α,β-unsaturated/α-hetero) is 1. The molecular weight excluding hydrogens is 216 g/mol. The summed E-state index contributed by atoms with van der Waals surface area (Å²) in [6.45, 7) is 1.98. The van der Waals surface area contributed by atoms with Crippen molar-refractivity contribution in [1.29, 1.82) is 0 Å². The van der Waals surface area contributed by atoms with Crippen LogP contribution >= 0.6 is 15.9 Å². The second-order valence-corrected chi connectivity index (χ2v) is 4.10. The number of benzene rings is 1. The van der Waals surface area contributed by atoms with Crippen molar-refractivity contribution in [2.24, 2.45) is 5.92 Å². The van der Waals surface area contributed by atoms with Gasteiger partial charge in [0.15, 0.2) is 5.78 Å². The van der Waals surface area contributed by atoms with Crippen molar-refractivity contribution in [2.45, 2.75) is 13.3 Å². The number of halogens is 1. The number of carbonyl (C=O) groups is 1. The number of rotatable bonds is 0. The van der Waals surface area contributed by atoms with E-state index >= 15 is 0 Å². The third-order valence-corrected chi connectivity index (χ3v) is 2.98. The van der Waals surface area contributed by atoms with E-state index in [9.17, 15) is 4.79 Å². The van der Waals surface area contributed by atoms with E-state index in [1.807, 2.05) is 25.1 Å².